The molecule has 0 heterocycles. The molecule has 1 saturated carbocycles. The smallest absolute Gasteiger partial charge is 0.0713 e. The van der Waals surface area contributed by atoms with Gasteiger partial charge in [0.05, 0.1) is 6.61 Å². The van der Waals surface area contributed by atoms with E-state index in [-0.39, 0.29) is 0 Å². The van der Waals surface area contributed by atoms with Crippen LogP contribution in [0, 0.1) is 5.92 Å². The fraction of sp³-hybridized carbons (Fsp3) is 0.600. The summed E-state index contributed by atoms with van der Waals surface area (Å²) in [5.74, 6) is 0.896. The minimum atomic E-state index is 0.703. The molecule has 2 heteroatoms. The van der Waals surface area contributed by atoms with E-state index in [1.807, 2.05) is 0 Å². The van der Waals surface area contributed by atoms with Crippen LogP contribution >= 0.6 is 0 Å². The standard InChI is InChI=1S/C15H23NO/c1-12-6-7-15(8-12)16-10-13-4-3-5-14(9-13)11-17-2/h3-5,9,12,15-16H,6-8,10-11H2,1-2H3. The number of rotatable bonds is 5. The van der Waals surface area contributed by atoms with Crippen LogP contribution in [0.4, 0.5) is 0 Å². The van der Waals surface area contributed by atoms with Crippen molar-refractivity contribution >= 4 is 0 Å². The van der Waals surface area contributed by atoms with E-state index in [1.54, 1.807) is 7.11 Å². The van der Waals surface area contributed by atoms with E-state index in [0.717, 1.165) is 18.5 Å². The second-order valence-corrected chi connectivity index (χ2v) is 5.25. The SMILES string of the molecule is COCc1cccc(CNC2CCC(C)C2)c1. The number of methoxy groups -OCH3 is 1. The lowest BCUT2D eigenvalue weighted by Crippen LogP contribution is -2.25. The van der Waals surface area contributed by atoms with Crippen LogP contribution in [0.25, 0.3) is 0 Å². The average molecular weight is 233 g/mol. The number of hydrogen-bond donors (Lipinski definition) is 1. The van der Waals surface area contributed by atoms with Gasteiger partial charge in [-0.1, -0.05) is 31.2 Å². The van der Waals surface area contributed by atoms with Crippen LogP contribution in [0.2, 0.25) is 0 Å². The minimum Gasteiger partial charge on any atom is -0.380 e. The monoisotopic (exact) mass is 233 g/mol. The quantitative estimate of drug-likeness (QED) is 0.843. The van der Waals surface area contributed by atoms with Gasteiger partial charge in [-0.25, -0.2) is 0 Å². The van der Waals surface area contributed by atoms with Crippen molar-refractivity contribution in [3.63, 3.8) is 0 Å². The van der Waals surface area contributed by atoms with E-state index in [9.17, 15) is 0 Å². The molecule has 1 aliphatic carbocycles. The first-order valence-electron chi connectivity index (χ1n) is 6.58. The summed E-state index contributed by atoms with van der Waals surface area (Å²) >= 11 is 0. The summed E-state index contributed by atoms with van der Waals surface area (Å²) in [4.78, 5) is 0. The minimum absolute atomic E-state index is 0.703. The predicted molar refractivity (Wildman–Crippen MR) is 70.8 cm³/mol. The maximum atomic E-state index is 5.15. The zero-order valence-corrected chi connectivity index (χ0v) is 10.9. The van der Waals surface area contributed by atoms with Crippen LogP contribution in [-0.2, 0) is 17.9 Å². The van der Waals surface area contributed by atoms with Gasteiger partial charge < -0.3 is 10.1 Å². The van der Waals surface area contributed by atoms with E-state index in [0.29, 0.717) is 6.61 Å². The third-order valence-corrected chi connectivity index (χ3v) is 3.59. The van der Waals surface area contributed by atoms with Gasteiger partial charge in [-0.3, -0.25) is 0 Å². The molecule has 0 saturated heterocycles. The second kappa shape index (κ2) is 6.18. The number of hydrogen-bond acceptors (Lipinski definition) is 2. The van der Waals surface area contributed by atoms with Crippen LogP contribution < -0.4 is 5.32 Å². The van der Waals surface area contributed by atoms with Crippen molar-refractivity contribution in [2.24, 2.45) is 5.92 Å². The zero-order valence-electron chi connectivity index (χ0n) is 10.9. The summed E-state index contributed by atoms with van der Waals surface area (Å²) in [6.07, 6.45) is 4.04. The third kappa shape index (κ3) is 3.83. The first kappa shape index (κ1) is 12.6. The highest BCUT2D eigenvalue weighted by Gasteiger charge is 2.20. The fourth-order valence-electron chi connectivity index (χ4n) is 2.65. The molecule has 1 aliphatic rings. The Bertz CT molecular complexity index is 351. The molecule has 94 valence electrons. The van der Waals surface area contributed by atoms with Crippen molar-refractivity contribution < 1.29 is 4.74 Å². The van der Waals surface area contributed by atoms with Crippen LogP contribution in [0.3, 0.4) is 0 Å². The summed E-state index contributed by atoms with van der Waals surface area (Å²) in [6.45, 7) is 4.03. The molecule has 2 rings (SSSR count). The van der Waals surface area contributed by atoms with Crippen molar-refractivity contribution in [3.8, 4) is 0 Å². The van der Waals surface area contributed by atoms with Crippen molar-refractivity contribution in [3.05, 3.63) is 35.4 Å². The predicted octanol–water partition coefficient (Wildman–Crippen LogP) is 3.11. The van der Waals surface area contributed by atoms with E-state index in [1.165, 1.54) is 30.4 Å². The molecule has 1 N–H and O–H groups in total. The Morgan fingerprint density at radius 2 is 2.12 bits per heavy atom. The average Bonchev–Trinajstić information content (AvgIpc) is 2.74. The van der Waals surface area contributed by atoms with Gasteiger partial charge in [-0.2, -0.15) is 0 Å². The van der Waals surface area contributed by atoms with Crippen molar-refractivity contribution in [2.45, 2.75) is 45.4 Å². The fourth-order valence-corrected chi connectivity index (χ4v) is 2.65. The largest absolute Gasteiger partial charge is 0.380 e. The summed E-state index contributed by atoms with van der Waals surface area (Å²) < 4.78 is 5.15. The van der Waals surface area contributed by atoms with Gasteiger partial charge >= 0.3 is 0 Å². The Labute approximate surface area is 104 Å². The van der Waals surface area contributed by atoms with E-state index < -0.39 is 0 Å². The van der Waals surface area contributed by atoms with E-state index in [4.69, 9.17) is 4.74 Å². The molecular weight excluding hydrogens is 210 g/mol. The van der Waals surface area contributed by atoms with Crippen LogP contribution in [0.5, 0.6) is 0 Å². The third-order valence-electron chi connectivity index (χ3n) is 3.59. The molecule has 1 aromatic rings. The first-order valence-corrected chi connectivity index (χ1v) is 6.58. The second-order valence-electron chi connectivity index (χ2n) is 5.25. The lowest BCUT2D eigenvalue weighted by Gasteiger charge is -2.13. The topological polar surface area (TPSA) is 21.3 Å². The Kier molecular flexibility index (Phi) is 4.57. The number of benzene rings is 1. The molecule has 0 spiro atoms. The van der Waals surface area contributed by atoms with E-state index in [2.05, 4.69) is 36.5 Å². The first-order chi connectivity index (χ1) is 8.28. The molecule has 1 fully saturated rings. The molecule has 0 bridgehead atoms. The van der Waals surface area contributed by atoms with Crippen molar-refractivity contribution in [1.29, 1.82) is 0 Å². The zero-order chi connectivity index (χ0) is 12.1. The lowest BCUT2D eigenvalue weighted by molar-refractivity contribution is 0.185. The Hall–Kier alpha value is -0.860. The molecule has 1 aromatic carbocycles. The maximum absolute atomic E-state index is 5.15. The van der Waals surface area contributed by atoms with Gasteiger partial charge in [0, 0.05) is 19.7 Å². The summed E-state index contributed by atoms with van der Waals surface area (Å²) in [7, 11) is 1.74. The molecule has 17 heavy (non-hydrogen) atoms. The number of ether oxygens (including phenoxy) is 1. The maximum Gasteiger partial charge on any atom is 0.0713 e. The van der Waals surface area contributed by atoms with Gasteiger partial charge in [0.1, 0.15) is 0 Å². The number of nitrogens with one attached hydrogen (secondary N) is 1. The van der Waals surface area contributed by atoms with Gasteiger partial charge in [-0.05, 0) is 36.3 Å². The highest BCUT2D eigenvalue weighted by Crippen LogP contribution is 2.24. The van der Waals surface area contributed by atoms with Gasteiger partial charge in [0.2, 0.25) is 0 Å². The Morgan fingerprint density at radius 1 is 1.29 bits per heavy atom. The Balaban J connectivity index is 1.83. The summed E-state index contributed by atoms with van der Waals surface area (Å²) in [5.41, 5.74) is 2.62. The Morgan fingerprint density at radius 3 is 2.82 bits per heavy atom. The molecule has 2 nitrogen and oxygen atoms in total. The van der Waals surface area contributed by atoms with Gasteiger partial charge in [0.15, 0.2) is 0 Å². The highest BCUT2D eigenvalue weighted by molar-refractivity contribution is 5.22. The molecular formula is C15H23NO. The summed E-state index contributed by atoms with van der Waals surface area (Å²) in [6, 6.07) is 9.36. The van der Waals surface area contributed by atoms with Gasteiger partial charge in [0.25, 0.3) is 0 Å². The van der Waals surface area contributed by atoms with E-state index >= 15 is 0 Å². The van der Waals surface area contributed by atoms with Crippen molar-refractivity contribution in [2.75, 3.05) is 7.11 Å². The molecule has 2 unspecified atom stereocenters. The molecule has 0 amide bonds. The normalized spacial score (nSPS) is 24.1. The van der Waals surface area contributed by atoms with Crippen molar-refractivity contribution in [1.82, 2.24) is 5.32 Å². The lowest BCUT2D eigenvalue weighted by atomic mass is 10.1. The molecule has 0 aromatic heterocycles. The summed E-state index contributed by atoms with van der Waals surface area (Å²) in [5, 5.41) is 3.66. The van der Waals surface area contributed by atoms with Gasteiger partial charge in [-0.15, -0.1) is 0 Å². The molecule has 0 aliphatic heterocycles. The molecule has 2 atom stereocenters. The highest BCUT2D eigenvalue weighted by atomic mass is 16.5. The van der Waals surface area contributed by atoms with Crippen LogP contribution in [0.15, 0.2) is 24.3 Å². The molecule has 0 radical (unpaired) electrons. The van der Waals surface area contributed by atoms with Crippen LogP contribution in [0.1, 0.15) is 37.3 Å². The van der Waals surface area contributed by atoms with Crippen LogP contribution in [-0.4, -0.2) is 13.2 Å².